The molecule has 4 atom stereocenters. The highest BCUT2D eigenvalue weighted by atomic mass is 32.1. The molecule has 32 heavy (non-hydrogen) atoms. The Labute approximate surface area is 195 Å². The lowest BCUT2D eigenvalue weighted by molar-refractivity contribution is 0.0819. The fraction of sp³-hybridized carbons (Fsp3) is 0.250. The highest BCUT2D eigenvalue weighted by Crippen LogP contribution is 2.40. The Bertz CT molecular complexity index is 1110. The molecule has 0 saturated heterocycles. The van der Waals surface area contributed by atoms with Crippen molar-refractivity contribution in [2.24, 2.45) is 11.8 Å². The number of thiocarbonyl (C=S) groups is 1. The zero-order chi connectivity index (χ0) is 22.0. The molecule has 0 spiro atoms. The van der Waals surface area contributed by atoms with Gasteiger partial charge in [-0.3, -0.25) is 0 Å². The Kier molecular flexibility index (Phi) is 5.81. The molecule has 0 unspecified atom stereocenters. The second kappa shape index (κ2) is 8.89. The van der Waals surface area contributed by atoms with Crippen LogP contribution in [0.2, 0.25) is 0 Å². The minimum Gasteiger partial charge on any atom is -0.380 e. The monoisotopic (exact) mass is 440 g/mol. The minimum atomic E-state index is -1.20. The van der Waals surface area contributed by atoms with Crippen molar-refractivity contribution in [3.05, 3.63) is 114 Å². The highest BCUT2D eigenvalue weighted by Gasteiger charge is 2.37. The molecule has 5 rings (SSSR count). The van der Waals surface area contributed by atoms with Crippen LogP contribution in [0.5, 0.6) is 0 Å². The molecule has 0 radical (unpaired) electrons. The molecule has 1 saturated carbocycles. The number of para-hydroxylation sites is 1. The van der Waals surface area contributed by atoms with Crippen molar-refractivity contribution in [1.29, 1.82) is 0 Å². The van der Waals surface area contributed by atoms with Gasteiger partial charge in [0.25, 0.3) is 0 Å². The first-order valence-corrected chi connectivity index (χ1v) is 11.7. The van der Waals surface area contributed by atoms with Gasteiger partial charge in [-0.25, -0.2) is 0 Å². The van der Waals surface area contributed by atoms with Crippen molar-refractivity contribution in [2.75, 3.05) is 5.32 Å². The molecule has 0 aromatic heterocycles. The summed E-state index contributed by atoms with van der Waals surface area (Å²) >= 11 is 5.69. The predicted molar refractivity (Wildman–Crippen MR) is 135 cm³/mol. The van der Waals surface area contributed by atoms with Crippen molar-refractivity contribution >= 4 is 23.0 Å². The second-order valence-corrected chi connectivity index (χ2v) is 9.33. The van der Waals surface area contributed by atoms with Crippen LogP contribution in [0.1, 0.15) is 29.5 Å². The van der Waals surface area contributed by atoms with Crippen LogP contribution in [0.15, 0.2) is 97.1 Å². The van der Waals surface area contributed by atoms with Crippen LogP contribution in [0, 0.1) is 11.8 Å². The van der Waals surface area contributed by atoms with Gasteiger partial charge in [-0.05, 0) is 54.1 Å². The molecule has 3 nitrogen and oxygen atoms in total. The van der Waals surface area contributed by atoms with E-state index in [9.17, 15) is 5.11 Å². The number of allylic oxidation sites excluding steroid dienone is 1. The van der Waals surface area contributed by atoms with Crippen molar-refractivity contribution in [3.63, 3.8) is 0 Å². The quantitative estimate of drug-likeness (QED) is 0.354. The number of hydrogen-bond acceptors (Lipinski definition) is 2. The maximum Gasteiger partial charge on any atom is 0.171 e. The molecule has 3 aromatic rings. The zero-order valence-electron chi connectivity index (χ0n) is 17.9. The Morgan fingerprint density at radius 2 is 1.56 bits per heavy atom. The molecular weight excluding hydrogens is 412 g/mol. The first-order chi connectivity index (χ1) is 15.6. The average Bonchev–Trinajstić information content (AvgIpc) is 3.44. The number of fused-ring (bicyclic) bond motifs is 2. The van der Waals surface area contributed by atoms with E-state index in [0.717, 1.165) is 28.8 Å². The summed E-state index contributed by atoms with van der Waals surface area (Å²) in [6.45, 7) is 0. The van der Waals surface area contributed by atoms with Crippen LogP contribution in [-0.2, 0) is 12.0 Å². The average molecular weight is 441 g/mol. The maximum absolute atomic E-state index is 12.2. The minimum absolute atomic E-state index is 0.384. The molecular formula is C28H28N2OS. The lowest BCUT2D eigenvalue weighted by Gasteiger charge is -2.32. The van der Waals surface area contributed by atoms with E-state index in [4.69, 9.17) is 12.2 Å². The molecule has 0 amide bonds. The number of anilines is 1. The molecule has 162 valence electrons. The third-order valence-electron chi connectivity index (χ3n) is 6.77. The van der Waals surface area contributed by atoms with Gasteiger partial charge in [-0.15, -0.1) is 0 Å². The van der Waals surface area contributed by atoms with Gasteiger partial charge >= 0.3 is 0 Å². The smallest absolute Gasteiger partial charge is 0.171 e. The summed E-state index contributed by atoms with van der Waals surface area (Å²) in [5.74, 6) is 1.25. The van der Waals surface area contributed by atoms with Gasteiger partial charge in [0.1, 0.15) is 5.60 Å². The van der Waals surface area contributed by atoms with Crippen molar-refractivity contribution in [3.8, 4) is 0 Å². The summed E-state index contributed by atoms with van der Waals surface area (Å²) in [7, 11) is 0. The zero-order valence-corrected chi connectivity index (χ0v) is 18.8. The Morgan fingerprint density at radius 1 is 0.875 bits per heavy atom. The van der Waals surface area contributed by atoms with Crippen LogP contribution in [0.4, 0.5) is 5.69 Å². The van der Waals surface area contributed by atoms with Gasteiger partial charge in [0.05, 0.1) is 0 Å². The summed E-state index contributed by atoms with van der Waals surface area (Å²) in [4.78, 5) is 0. The van der Waals surface area contributed by atoms with E-state index in [0.29, 0.717) is 29.4 Å². The second-order valence-electron chi connectivity index (χ2n) is 8.92. The predicted octanol–water partition coefficient (Wildman–Crippen LogP) is 5.42. The van der Waals surface area contributed by atoms with E-state index in [2.05, 4.69) is 34.9 Å². The molecule has 0 heterocycles. The van der Waals surface area contributed by atoms with E-state index < -0.39 is 5.60 Å². The lowest BCUT2D eigenvalue weighted by Crippen LogP contribution is -2.40. The first kappa shape index (κ1) is 20.9. The largest absolute Gasteiger partial charge is 0.380 e. The van der Waals surface area contributed by atoms with Gasteiger partial charge in [-0.2, -0.15) is 0 Å². The fourth-order valence-corrected chi connectivity index (χ4v) is 5.45. The third-order valence-corrected chi connectivity index (χ3v) is 6.99. The first-order valence-electron chi connectivity index (χ1n) is 11.3. The lowest BCUT2D eigenvalue weighted by atomic mass is 9.80. The van der Waals surface area contributed by atoms with Gasteiger partial charge in [0.15, 0.2) is 5.11 Å². The van der Waals surface area contributed by atoms with Crippen molar-refractivity contribution < 1.29 is 5.11 Å². The molecule has 3 N–H and O–H groups in total. The van der Waals surface area contributed by atoms with Crippen LogP contribution in [0.25, 0.3) is 0 Å². The fourth-order valence-electron chi connectivity index (χ4n) is 5.18. The maximum atomic E-state index is 12.2. The summed E-state index contributed by atoms with van der Waals surface area (Å²) in [5.41, 5.74) is 2.37. The number of aliphatic hydroxyl groups is 1. The number of rotatable bonds is 6. The van der Waals surface area contributed by atoms with E-state index in [1.807, 2.05) is 72.8 Å². The van der Waals surface area contributed by atoms with Gasteiger partial charge in [0.2, 0.25) is 0 Å². The van der Waals surface area contributed by atoms with Crippen molar-refractivity contribution in [1.82, 2.24) is 5.32 Å². The standard InChI is InChI=1S/C28H28N2OS/c31-28(23-11-5-2-6-12-23,19-20-9-3-1-4-10-20)24-13-7-8-14-25(24)29-27(32)30-26-18-21-15-16-22(26)17-21/h1-16,21-22,26,31H,17-19H2,(H2,29,30,32)/t21-,22+,26+,28-/m0/s1. The van der Waals surface area contributed by atoms with E-state index in [1.54, 1.807) is 0 Å². The molecule has 0 aliphatic heterocycles. The molecule has 3 aromatic carbocycles. The summed E-state index contributed by atoms with van der Waals surface area (Å²) in [6, 6.07) is 28.3. The van der Waals surface area contributed by atoms with Crippen LogP contribution in [0.3, 0.4) is 0 Å². The number of benzene rings is 3. The summed E-state index contributed by atoms with van der Waals surface area (Å²) in [6.07, 6.45) is 7.47. The van der Waals surface area contributed by atoms with Crippen molar-refractivity contribution in [2.45, 2.75) is 30.9 Å². The topological polar surface area (TPSA) is 44.3 Å². The number of hydrogen-bond donors (Lipinski definition) is 3. The molecule has 1 fully saturated rings. The molecule has 2 bridgehead atoms. The Hall–Kier alpha value is -2.95. The Morgan fingerprint density at radius 3 is 2.25 bits per heavy atom. The van der Waals surface area contributed by atoms with Gasteiger partial charge in [0, 0.05) is 23.7 Å². The van der Waals surface area contributed by atoms with Crippen LogP contribution >= 0.6 is 12.2 Å². The highest BCUT2D eigenvalue weighted by molar-refractivity contribution is 7.80. The van der Waals surface area contributed by atoms with Gasteiger partial charge < -0.3 is 15.7 Å². The molecule has 2 aliphatic carbocycles. The van der Waals surface area contributed by atoms with Gasteiger partial charge in [-0.1, -0.05) is 91.0 Å². The summed E-state index contributed by atoms with van der Waals surface area (Å²) < 4.78 is 0. The van der Waals surface area contributed by atoms with Crippen LogP contribution < -0.4 is 10.6 Å². The Balaban J connectivity index is 1.44. The van der Waals surface area contributed by atoms with E-state index >= 15 is 0 Å². The van der Waals surface area contributed by atoms with E-state index in [-0.39, 0.29) is 0 Å². The number of nitrogens with one attached hydrogen (secondary N) is 2. The third kappa shape index (κ3) is 4.21. The summed E-state index contributed by atoms with van der Waals surface area (Å²) in [5, 5.41) is 19.7. The molecule has 4 heteroatoms. The SMILES string of the molecule is O[C@@](Cc1ccccc1)(c1ccccc1)c1ccccc1NC(=S)N[C@@H]1C[C@H]2C=C[C@@H]1C2. The normalized spacial score (nSPS) is 23.0. The van der Waals surface area contributed by atoms with E-state index in [1.165, 1.54) is 6.42 Å². The molecule has 2 aliphatic rings. The van der Waals surface area contributed by atoms with Crippen LogP contribution in [-0.4, -0.2) is 16.3 Å².